The van der Waals surface area contributed by atoms with E-state index >= 15 is 0 Å². The first-order valence-electron chi connectivity index (χ1n) is 7.79. The Morgan fingerprint density at radius 3 is 2.70 bits per heavy atom. The van der Waals surface area contributed by atoms with Crippen molar-refractivity contribution in [3.63, 3.8) is 0 Å². The van der Waals surface area contributed by atoms with Gasteiger partial charge in [0.25, 0.3) is 0 Å². The van der Waals surface area contributed by atoms with Crippen LogP contribution in [0.15, 0.2) is 48.5 Å². The number of rotatable bonds is 6. The molecule has 3 aromatic rings. The minimum atomic E-state index is 0.171. The monoisotopic (exact) mass is 324 g/mol. The van der Waals surface area contributed by atoms with E-state index in [-0.39, 0.29) is 5.78 Å². The molecule has 1 aromatic heterocycles. The maximum absolute atomic E-state index is 12.2. The Hall–Kier alpha value is -2.07. The second kappa shape index (κ2) is 7.01. The fourth-order valence-corrected chi connectivity index (χ4v) is 3.09. The molecular formula is C19H20N2OS. The highest BCUT2D eigenvalue weighted by atomic mass is 32.2. The summed E-state index contributed by atoms with van der Waals surface area (Å²) in [6, 6.07) is 16.0. The van der Waals surface area contributed by atoms with Gasteiger partial charge in [0.05, 0.1) is 16.8 Å². The molecule has 1 heterocycles. The predicted octanol–water partition coefficient (Wildman–Crippen LogP) is 4.48. The summed E-state index contributed by atoms with van der Waals surface area (Å²) in [5, 5.41) is 0.465. The Balaban J connectivity index is 1.79. The van der Waals surface area contributed by atoms with E-state index < -0.39 is 0 Å². The van der Waals surface area contributed by atoms with Gasteiger partial charge < -0.3 is 4.98 Å². The molecular weight excluding hydrogens is 304 g/mol. The van der Waals surface area contributed by atoms with E-state index in [1.807, 2.05) is 36.4 Å². The number of thioether (sulfide) groups is 1. The van der Waals surface area contributed by atoms with E-state index in [1.54, 1.807) is 11.8 Å². The van der Waals surface area contributed by atoms with E-state index in [4.69, 9.17) is 0 Å². The number of benzene rings is 2. The zero-order chi connectivity index (χ0) is 16.2. The van der Waals surface area contributed by atoms with Crippen LogP contribution in [-0.2, 0) is 6.42 Å². The van der Waals surface area contributed by atoms with Gasteiger partial charge in [-0.05, 0) is 29.0 Å². The van der Waals surface area contributed by atoms with Crippen LogP contribution in [0.3, 0.4) is 0 Å². The third-order valence-corrected chi connectivity index (χ3v) is 4.71. The van der Waals surface area contributed by atoms with Gasteiger partial charge in [-0.15, -0.1) is 0 Å². The van der Waals surface area contributed by atoms with Gasteiger partial charge in [0.2, 0.25) is 0 Å². The number of hydrogen-bond donors (Lipinski definition) is 1. The molecule has 0 amide bonds. The van der Waals surface area contributed by atoms with Crippen molar-refractivity contribution in [2.45, 2.75) is 25.5 Å². The Kier molecular flexibility index (Phi) is 4.82. The summed E-state index contributed by atoms with van der Waals surface area (Å²) < 4.78 is 0. The van der Waals surface area contributed by atoms with Gasteiger partial charge in [-0.2, -0.15) is 11.8 Å². The number of aromatic nitrogens is 2. The largest absolute Gasteiger partial charge is 0.342 e. The number of ketones is 1. The lowest BCUT2D eigenvalue weighted by molar-refractivity contribution is 0.102. The summed E-state index contributed by atoms with van der Waals surface area (Å²) in [5.74, 6) is 1.62. The third-order valence-electron chi connectivity index (χ3n) is 3.62. The summed E-state index contributed by atoms with van der Waals surface area (Å²) in [7, 11) is 0. The number of imidazole rings is 1. The van der Waals surface area contributed by atoms with Crippen LogP contribution in [0.2, 0.25) is 0 Å². The summed E-state index contributed by atoms with van der Waals surface area (Å²) in [6.07, 6.45) is 0.766. The van der Waals surface area contributed by atoms with Gasteiger partial charge in [-0.25, -0.2) is 4.98 Å². The van der Waals surface area contributed by atoms with Crippen molar-refractivity contribution in [1.29, 1.82) is 0 Å². The van der Waals surface area contributed by atoms with E-state index in [1.165, 1.54) is 5.56 Å². The Morgan fingerprint density at radius 1 is 1.17 bits per heavy atom. The molecule has 0 bridgehead atoms. The molecule has 0 unspecified atom stereocenters. The van der Waals surface area contributed by atoms with Crippen molar-refractivity contribution >= 4 is 28.6 Å². The SMILES string of the molecule is CC(C)SCC(=O)c1ccc2nc(Cc3ccccc3)[nH]c2c1. The van der Waals surface area contributed by atoms with Gasteiger partial charge in [-0.1, -0.05) is 44.2 Å². The van der Waals surface area contributed by atoms with Crippen molar-refractivity contribution < 1.29 is 4.79 Å². The molecule has 118 valence electrons. The van der Waals surface area contributed by atoms with Gasteiger partial charge in [0, 0.05) is 12.0 Å². The molecule has 0 radical (unpaired) electrons. The first-order chi connectivity index (χ1) is 11.1. The second-order valence-electron chi connectivity index (χ2n) is 5.86. The van der Waals surface area contributed by atoms with Crippen molar-refractivity contribution in [3.05, 3.63) is 65.5 Å². The first-order valence-corrected chi connectivity index (χ1v) is 8.84. The summed E-state index contributed by atoms with van der Waals surface area (Å²) in [4.78, 5) is 20.2. The lowest BCUT2D eigenvalue weighted by Crippen LogP contribution is -2.04. The molecule has 4 heteroatoms. The topological polar surface area (TPSA) is 45.8 Å². The summed E-state index contributed by atoms with van der Waals surface area (Å²) in [5.41, 5.74) is 3.80. The zero-order valence-corrected chi connectivity index (χ0v) is 14.2. The average molecular weight is 324 g/mol. The smallest absolute Gasteiger partial charge is 0.172 e. The van der Waals surface area contributed by atoms with E-state index in [2.05, 4.69) is 35.9 Å². The van der Waals surface area contributed by atoms with Crippen molar-refractivity contribution in [1.82, 2.24) is 9.97 Å². The molecule has 23 heavy (non-hydrogen) atoms. The van der Waals surface area contributed by atoms with Gasteiger partial charge in [-0.3, -0.25) is 4.79 Å². The minimum Gasteiger partial charge on any atom is -0.342 e. The molecule has 0 spiro atoms. The van der Waals surface area contributed by atoms with Crippen LogP contribution >= 0.6 is 11.8 Å². The molecule has 0 aliphatic rings. The van der Waals surface area contributed by atoms with Crippen LogP contribution in [0.5, 0.6) is 0 Å². The quantitative estimate of drug-likeness (QED) is 0.680. The maximum atomic E-state index is 12.2. The highest BCUT2D eigenvalue weighted by molar-refractivity contribution is 8.00. The number of hydrogen-bond acceptors (Lipinski definition) is 3. The van der Waals surface area contributed by atoms with Crippen molar-refractivity contribution in [2.75, 3.05) is 5.75 Å². The average Bonchev–Trinajstić information content (AvgIpc) is 2.94. The van der Waals surface area contributed by atoms with Crippen LogP contribution in [0.4, 0.5) is 0 Å². The number of Topliss-reactive ketones (excluding diaryl/α,β-unsaturated/α-hetero) is 1. The summed E-state index contributed by atoms with van der Waals surface area (Å²) >= 11 is 1.67. The minimum absolute atomic E-state index is 0.171. The maximum Gasteiger partial charge on any atom is 0.172 e. The Labute approximate surface area is 140 Å². The highest BCUT2D eigenvalue weighted by Crippen LogP contribution is 2.18. The van der Waals surface area contributed by atoms with Crippen LogP contribution in [0.1, 0.15) is 35.6 Å². The molecule has 3 nitrogen and oxygen atoms in total. The molecule has 0 aliphatic heterocycles. The number of aromatic amines is 1. The number of carbonyl (C=O) groups is 1. The van der Waals surface area contributed by atoms with Crippen LogP contribution in [0, 0.1) is 0 Å². The molecule has 1 N–H and O–H groups in total. The Bertz CT molecular complexity index is 809. The molecule has 0 aliphatic carbocycles. The van der Waals surface area contributed by atoms with E-state index in [9.17, 15) is 4.79 Å². The first kappa shape index (κ1) is 15.8. The lowest BCUT2D eigenvalue weighted by Gasteiger charge is -2.04. The molecule has 2 aromatic carbocycles. The normalized spacial score (nSPS) is 11.3. The molecule has 0 saturated carbocycles. The highest BCUT2D eigenvalue weighted by Gasteiger charge is 2.10. The number of nitrogens with zero attached hydrogens (tertiary/aromatic N) is 1. The number of H-pyrrole nitrogens is 1. The molecule has 0 atom stereocenters. The lowest BCUT2D eigenvalue weighted by atomic mass is 10.1. The fourth-order valence-electron chi connectivity index (χ4n) is 2.43. The molecule has 0 saturated heterocycles. The van der Waals surface area contributed by atoms with Gasteiger partial charge in [0.1, 0.15) is 5.82 Å². The van der Waals surface area contributed by atoms with Crippen molar-refractivity contribution in [2.24, 2.45) is 0 Å². The number of carbonyl (C=O) groups excluding carboxylic acids is 1. The predicted molar refractivity (Wildman–Crippen MR) is 97.3 cm³/mol. The van der Waals surface area contributed by atoms with Crippen LogP contribution < -0.4 is 0 Å². The van der Waals surface area contributed by atoms with E-state index in [0.29, 0.717) is 11.0 Å². The zero-order valence-electron chi connectivity index (χ0n) is 13.4. The number of nitrogens with one attached hydrogen (secondary N) is 1. The third kappa shape index (κ3) is 4.02. The van der Waals surface area contributed by atoms with Crippen molar-refractivity contribution in [3.8, 4) is 0 Å². The molecule has 0 fully saturated rings. The van der Waals surface area contributed by atoms with Crippen LogP contribution in [-0.4, -0.2) is 26.8 Å². The Morgan fingerprint density at radius 2 is 1.96 bits per heavy atom. The standard InChI is InChI=1S/C19H20N2OS/c1-13(2)23-12-18(22)15-8-9-16-17(11-15)21-19(20-16)10-14-6-4-3-5-7-14/h3-9,11,13H,10,12H2,1-2H3,(H,20,21). The second-order valence-corrected chi connectivity index (χ2v) is 7.43. The molecule has 3 rings (SSSR count). The van der Waals surface area contributed by atoms with E-state index in [0.717, 1.165) is 28.8 Å². The fraction of sp³-hybridized carbons (Fsp3) is 0.263. The summed E-state index contributed by atoms with van der Waals surface area (Å²) in [6.45, 7) is 4.21. The van der Waals surface area contributed by atoms with Gasteiger partial charge in [0.15, 0.2) is 5.78 Å². The van der Waals surface area contributed by atoms with Crippen LogP contribution in [0.25, 0.3) is 11.0 Å². The van der Waals surface area contributed by atoms with Gasteiger partial charge >= 0.3 is 0 Å². The number of fused-ring (bicyclic) bond motifs is 1.